The van der Waals surface area contributed by atoms with E-state index in [4.69, 9.17) is 5.11 Å². The van der Waals surface area contributed by atoms with E-state index in [-0.39, 0.29) is 5.91 Å². The van der Waals surface area contributed by atoms with Crippen molar-refractivity contribution in [3.05, 3.63) is 29.9 Å². The molecule has 24 heavy (non-hydrogen) atoms. The van der Waals surface area contributed by atoms with Gasteiger partial charge >= 0.3 is 0 Å². The average molecular weight is 332 g/mol. The third-order valence-electron chi connectivity index (χ3n) is 4.76. The van der Waals surface area contributed by atoms with Crippen LogP contribution in [0.25, 0.3) is 0 Å². The lowest BCUT2D eigenvalue weighted by atomic mass is 9.96. The van der Waals surface area contributed by atoms with E-state index < -0.39 is 6.61 Å². The van der Waals surface area contributed by atoms with Crippen molar-refractivity contribution in [2.45, 2.75) is 45.7 Å². The van der Waals surface area contributed by atoms with Crippen LogP contribution >= 0.6 is 0 Å². The van der Waals surface area contributed by atoms with Crippen molar-refractivity contribution in [2.24, 2.45) is 0 Å². The van der Waals surface area contributed by atoms with Gasteiger partial charge in [-0.2, -0.15) is 0 Å². The van der Waals surface area contributed by atoms with Gasteiger partial charge in [-0.1, -0.05) is 0 Å². The van der Waals surface area contributed by atoms with Gasteiger partial charge in [-0.25, -0.2) is 4.98 Å². The van der Waals surface area contributed by atoms with Crippen molar-refractivity contribution >= 4 is 5.91 Å². The zero-order chi connectivity index (χ0) is 17.1. The molecule has 3 heterocycles. The molecule has 0 atom stereocenters. The van der Waals surface area contributed by atoms with E-state index in [1.165, 1.54) is 0 Å². The summed E-state index contributed by atoms with van der Waals surface area (Å²) >= 11 is 0. The Hall–Kier alpha value is -2.22. The molecule has 0 aromatic carbocycles. The summed E-state index contributed by atoms with van der Waals surface area (Å²) in [6, 6.07) is 0. The number of rotatable bonds is 5. The Morgan fingerprint density at radius 2 is 2.08 bits per heavy atom. The predicted octanol–water partition coefficient (Wildman–Crippen LogP) is 0.550. The van der Waals surface area contributed by atoms with Gasteiger partial charge in [0, 0.05) is 37.9 Å². The van der Waals surface area contributed by atoms with Gasteiger partial charge in [0.15, 0.2) is 5.82 Å². The highest BCUT2D eigenvalue weighted by Crippen LogP contribution is 2.27. The van der Waals surface area contributed by atoms with Crippen LogP contribution in [0, 0.1) is 6.92 Å². The Bertz CT molecular complexity index is 699. The smallest absolute Gasteiger partial charge is 0.248 e. The van der Waals surface area contributed by atoms with E-state index >= 15 is 0 Å². The molecule has 0 saturated carbocycles. The van der Waals surface area contributed by atoms with Crippen LogP contribution in [-0.4, -0.2) is 59.9 Å². The minimum atomic E-state index is -0.412. The summed E-state index contributed by atoms with van der Waals surface area (Å²) in [7, 11) is 0. The van der Waals surface area contributed by atoms with Crippen LogP contribution in [0.15, 0.2) is 12.4 Å². The molecule has 8 heteroatoms. The lowest BCUT2D eigenvalue weighted by molar-refractivity contribution is -0.135. The van der Waals surface area contributed by atoms with Crippen LogP contribution < -0.4 is 0 Å². The Morgan fingerprint density at radius 3 is 2.67 bits per heavy atom. The van der Waals surface area contributed by atoms with Gasteiger partial charge in [-0.15, -0.1) is 10.2 Å². The second-order valence-electron chi connectivity index (χ2n) is 6.13. The molecular formula is C16H24N6O2. The van der Waals surface area contributed by atoms with E-state index in [1.54, 1.807) is 11.1 Å². The van der Waals surface area contributed by atoms with E-state index in [2.05, 4.69) is 31.2 Å². The molecule has 1 N–H and O–H groups in total. The number of aliphatic hydroxyl groups excluding tert-OH is 1. The molecule has 2 aromatic rings. The zero-order valence-electron chi connectivity index (χ0n) is 14.2. The minimum absolute atomic E-state index is 0.193. The number of carbonyl (C=O) groups is 1. The van der Waals surface area contributed by atoms with E-state index in [9.17, 15) is 4.79 Å². The van der Waals surface area contributed by atoms with Crippen LogP contribution in [-0.2, 0) is 17.9 Å². The number of carbonyl (C=O) groups excluding carboxylic acids is 1. The van der Waals surface area contributed by atoms with Crippen molar-refractivity contribution in [2.75, 3.05) is 19.7 Å². The molecule has 0 bridgehead atoms. The van der Waals surface area contributed by atoms with Gasteiger partial charge in [0.25, 0.3) is 0 Å². The number of nitrogens with zero attached hydrogens (tertiary/aromatic N) is 6. The number of aromatic nitrogens is 5. The summed E-state index contributed by atoms with van der Waals surface area (Å²) in [5, 5.41) is 17.8. The van der Waals surface area contributed by atoms with Gasteiger partial charge in [0.2, 0.25) is 5.91 Å². The molecule has 1 aliphatic heterocycles. The van der Waals surface area contributed by atoms with Crippen molar-refractivity contribution in [1.29, 1.82) is 0 Å². The van der Waals surface area contributed by atoms with Crippen LogP contribution in [0.4, 0.5) is 0 Å². The van der Waals surface area contributed by atoms with Crippen LogP contribution in [0.2, 0.25) is 0 Å². The topological polar surface area (TPSA) is 89.1 Å². The fraction of sp³-hybridized carbons (Fsp3) is 0.625. The fourth-order valence-corrected chi connectivity index (χ4v) is 3.32. The number of aryl methyl sites for hydroxylation is 1. The van der Waals surface area contributed by atoms with Gasteiger partial charge in [-0.05, 0) is 26.7 Å². The molecule has 0 spiro atoms. The summed E-state index contributed by atoms with van der Waals surface area (Å²) in [5.74, 6) is 3.00. The molecule has 1 amide bonds. The maximum absolute atomic E-state index is 11.6. The minimum Gasteiger partial charge on any atom is -0.387 e. The molecule has 130 valence electrons. The first kappa shape index (κ1) is 16.6. The Morgan fingerprint density at radius 1 is 1.33 bits per heavy atom. The second-order valence-corrected chi connectivity index (χ2v) is 6.13. The van der Waals surface area contributed by atoms with E-state index in [0.717, 1.165) is 36.9 Å². The summed E-state index contributed by atoms with van der Waals surface area (Å²) in [6.45, 7) is 6.47. The van der Waals surface area contributed by atoms with Crippen LogP contribution in [0.3, 0.4) is 0 Å². The van der Waals surface area contributed by atoms with Gasteiger partial charge in [0.1, 0.15) is 18.3 Å². The first-order chi connectivity index (χ1) is 11.6. The number of piperidine rings is 1. The molecule has 3 rings (SSSR count). The highest BCUT2D eigenvalue weighted by Gasteiger charge is 2.27. The molecule has 8 nitrogen and oxygen atoms in total. The van der Waals surface area contributed by atoms with Crippen molar-refractivity contribution in [1.82, 2.24) is 29.2 Å². The third kappa shape index (κ3) is 3.19. The summed E-state index contributed by atoms with van der Waals surface area (Å²) in [6.07, 6.45) is 5.45. The molecule has 1 saturated heterocycles. The molecule has 0 aliphatic carbocycles. The highest BCUT2D eigenvalue weighted by molar-refractivity contribution is 5.77. The monoisotopic (exact) mass is 332 g/mol. The fourth-order valence-electron chi connectivity index (χ4n) is 3.32. The lowest BCUT2D eigenvalue weighted by Gasteiger charge is -2.31. The zero-order valence-corrected chi connectivity index (χ0v) is 14.2. The molecule has 1 fully saturated rings. The summed E-state index contributed by atoms with van der Waals surface area (Å²) < 4.78 is 4.23. The van der Waals surface area contributed by atoms with Gasteiger partial charge < -0.3 is 19.1 Å². The molecule has 1 aliphatic rings. The molecule has 0 unspecified atom stereocenters. The predicted molar refractivity (Wildman–Crippen MR) is 87.4 cm³/mol. The van der Waals surface area contributed by atoms with Crippen molar-refractivity contribution in [3.8, 4) is 0 Å². The summed E-state index contributed by atoms with van der Waals surface area (Å²) in [4.78, 5) is 17.5. The maximum atomic E-state index is 11.6. The number of imidazole rings is 1. The van der Waals surface area contributed by atoms with Crippen molar-refractivity contribution in [3.63, 3.8) is 0 Å². The number of aliphatic hydroxyl groups is 1. The standard InChI is InChI=1S/C16H24N6O2/c1-3-22-14(10-21-9-6-17-12(21)2)18-19-16(22)13-4-7-20(8-5-13)15(24)11-23/h6,9,13,23H,3-5,7-8,10-11H2,1-2H3. The number of hydrogen-bond acceptors (Lipinski definition) is 5. The SMILES string of the molecule is CCn1c(Cn2ccnc2C)nnc1C1CCN(C(=O)CO)CC1. The number of amides is 1. The first-order valence-electron chi connectivity index (χ1n) is 8.42. The van der Waals surface area contributed by atoms with Crippen LogP contribution in [0.5, 0.6) is 0 Å². The van der Waals surface area contributed by atoms with E-state index in [1.807, 2.05) is 13.1 Å². The average Bonchev–Trinajstić information content (AvgIpc) is 3.21. The Kier molecular flexibility index (Phi) is 4.94. The number of hydrogen-bond donors (Lipinski definition) is 1. The Labute approximate surface area is 141 Å². The lowest BCUT2D eigenvalue weighted by Crippen LogP contribution is -2.39. The molecule has 0 radical (unpaired) electrons. The van der Waals surface area contributed by atoms with Gasteiger partial charge in [0.05, 0.1) is 6.54 Å². The van der Waals surface area contributed by atoms with Crippen LogP contribution in [0.1, 0.15) is 43.2 Å². The second kappa shape index (κ2) is 7.12. The largest absolute Gasteiger partial charge is 0.387 e. The number of likely N-dealkylation sites (tertiary alicyclic amines) is 1. The highest BCUT2D eigenvalue weighted by atomic mass is 16.3. The third-order valence-corrected chi connectivity index (χ3v) is 4.76. The van der Waals surface area contributed by atoms with Gasteiger partial charge in [-0.3, -0.25) is 4.79 Å². The molecular weight excluding hydrogens is 308 g/mol. The first-order valence-corrected chi connectivity index (χ1v) is 8.42. The van der Waals surface area contributed by atoms with E-state index in [0.29, 0.717) is 25.6 Å². The normalized spacial score (nSPS) is 15.9. The maximum Gasteiger partial charge on any atom is 0.248 e. The summed E-state index contributed by atoms with van der Waals surface area (Å²) in [5.41, 5.74) is 0. The Balaban J connectivity index is 1.73. The quantitative estimate of drug-likeness (QED) is 0.864. The molecule has 2 aromatic heterocycles. The van der Waals surface area contributed by atoms with Crippen molar-refractivity contribution < 1.29 is 9.90 Å².